The van der Waals surface area contributed by atoms with Crippen LogP contribution in [0.15, 0.2) is 35.6 Å². The van der Waals surface area contributed by atoms with E-state index in [2.05, 4.69) is 52.2 Å². The number of guanidine groups is 1. The monoisotopic (exact) mass is 504 g/mol. The third-order valence-electron chi connectivity index (χ3n) is 4.21. The van der Waals surface area contributed by atoms with Crippen molar-refractivity contribution in [3.05, 3.63) is 47.0 Å². The molecule has 0 spiro atoms. The molecule has 0 aliphatic rings. The first-order chi connectivity index (χ1) is 12.6. The van der Waals surface area contributed by atoms with E-state index in [4.69, 9.17) is 16.6 Å². The second kappa shape index (κ2) is 12.9. The van der Waals surface area contributed by atoms with Crippen LogP contribution in [-0.2, 0) is 19.4 Å². The number of hydrogen-bond donors (Lipinski definition) is 2. The van der Waals surface area contributed by atoms with Gasteiger partial charge in [0, 0.05) is 37.1 Å². The summed E-state index contributed by atoms with van der Waals surface area (Å²) in [6.07, 6.45) is 4.56. The lowest BCUT2D eigenvalue weighted by Gasteiger charge is -2.17. The molecular formula is C19H30ClIN6. The highest BCUT2D eigenvalue weighted by Gasteiger charge is 2.05. The van der Waals surface area contributed by atoms with Crippen molar-refractivity contribution in [1.82, 2.24) is 25.4 Å². The Morgan fingerprint density at radius 1 is 1.33 bits per heavy atom. The van der Waals surface area contributed by atoms with Crippen LogP contribution in [0.4, 0.5) is 0 Å². The molecule has 0 radical (unpaired) electrons. The van der Waals surface area contributed by atoms with Gasteiger partial charge in [-0.3, -0.25) is 4.99 Å². The average molecular weight is 505 g/mol. The minimum absolute atomic E-state index is 0. The Hall–Kier alpha value is -1.35. The van der Waals surface area contributed by atoms with Gasteiger partial charge in [-0.1, -0.05) is 37.6 Å². The zero-order chi connectivity index (χ0) is 18.8. The number of aromatic nitrogens is 3. The molecule has 1 unspecified atom stereocenters. The van der Waals surface area contributed by atoms with Crippen LogP contribution in [0.3, 0.4) is 0 Å². The van der Waals surface area contributed by atoms with E-state index in [1.165, 1.54) is 5.56 Å². The van der Waals surface area contributed by atoms with Crippen LogP contribution in [0.1, 0.15) is 38.6 Å². The summed E-state index contributed by atoms with van der Waals surface area (Å²) in [6.45, 7) is 8.69. The molecule has 150 valence electrons. The Bertz CT molecular complexity index is 703. The van der Waals surface area contributed by atoms with Gasteiger partial charge in [0.1, 0.15) is 12.2 Å². The summed E-state index contributed by atoms with van der Waals surface area (Å²) in [5, 5.41) is 15.7. The molecule has 1 aromatic heterocycles. The highest BCUT2D eigenvalue weighted by atomic mass is 127. The summed E-state index contributed by atoms with van der Waals surface area (Å²) < 4.78 is 2.07. The molecule has 0 saturated carbocycles. The molecule has 1 aromatic carbocycles. The average Bonchev–Trinajstić information content (AvgIpc) is 3.09. The quantitative estimate of drug-likeness (QED) is 0.311. The second-order valence-electron chi connectivity index (χ2n) is 6.28. The molecule has 0 fully saturated rings. The Balaban J connectivity index is 0.00000364. The summed E-state index contributed by atoms with van der Waals surface area (Å²) in [6, 6.07) is 8.30. The number of nitrogens with one attached hydrogen (secondary N) is 2. The predicted molar refractivity (Wildman–Crippen MR) is 123 cm³/mol. The van der Waals surface area contributed by atoms with Crippen LogP contribution in [0.2, 0.25) is 5.02 Å². The first-order valence-corrected chi connectivity index (χ1v) is 9.66. The first kappa shape index (κ1) is 23.7. The van der Waals surface area contributed by atoms with E-state index in [9.17, 15) is 0 Å². The smallest absolute Gasteiger partial charge is 0.191 e. The number of nitrogens with zero attached hydrogens (tertiary/aromatic N) is 4. The van der Waals surface area contributed by atoms with E-state index < -0.39 is 0 Å². The summed E-state index contributed by atoms with van der Waals surface area (Å²) in [7, 11) is 0. The van der Waals surface area contributed by atoms with Crippen molar-refractivity contribution >= 4 is 41.5 Å². The minimum atomic E-state index is 0. The standard InChI is InChI=1S/C19H29ClN6.HI/c1-4-15(3)24-19(21-10-9-16-7-6-8-17(20)13-16)22-11-12-26-14-23-25-18(26)5-2;/h6-8,13-15H,4-5,9-12H2,1-3H3,(H2,21,22,24);1H. The van der Waals surface area contributed by atoms with E-state index in [0.717, 1.165) is 49.2 Å². The van der Waals surface area contributed by atoms with Crippen LogP contribution in [0.25, 0.3) is 0 Å². The molecule has 0 saturated heterocycles. The van der Waals surface area contributed by atoms with Crippen LogP contribution >= 0.6 is 35.6 Å². The Labute approximate surface area is 184 Å². The van der Waals surface area contributed by atoms with Crippen molar-refractivity contribution in [3.63, 3.8) is 0 Å². The van der Waals surface area contributed by atoms with E-state index in [1.54, 1.807) is 6.33 Å². The molecule has 0 aliphatic carbocycles. The van der Waals surface area contributed by atoms with E-state index in [-0.39, 0.29) is 24.0 Å². The van der Waals surface area contributed by atoms with Gasteiger partial charge in [0.15, 0.2) is 5.96 Å². The molecule has 0 aliphatic heterocycles. The number of halogens is 2. The molecule has 2 rings (SSSR count). The molecule has 2 N–H and O–H groups in total. The van der Waals surface area contributed by atoms with Gasteiger partial charge in [-0.15, -0.1) is 34.2 Å². The topological polar surface area (TPSA) is 67.1 Å². The molecule has 6 nitrogen and oxygen atoms in total. The van der Waals surface area contributed by atoms with E-state index in [1.807, 2.05) is 18.2 Å². The Morgan fingerprint density at radius 3 is 2.85 bits per heavy atom. The maximum absolute atomic E-state index is 6.04. The summed E-state index contributed by atoms with van der Waals surface area (Å²) in [4.78, 5) is 4.71. The Morgan fingerprint density at radius 2 is 2.15 bits per heavy atom. The molecule has 8 heteroatoms. The first-order valence-electron chi connectivity index (χ1n) is 9.28. The van der Waals surface area contributed by atoms with Gasteiger partial charge in [0.05, 0.1) is 0 Å². The van der Waals surface area contributed by atoms with Crippen molar-refractivity contribution in [1.29, 1.82) is 0 Å². The van der Waals surface area contributed by atoms with Crippen molar-refractivity contribution < 1.29 is 0 Å². The zero-order valence-electron chi connectivity index (χ0n) is 16.3. The van der Waals surface area contributed by atoms with Gasteiger partial charge < -0.3 is 15.2 Å². The number of benzene rings is 1. The fraction of sp³-hybridized carbons (Fsp3) is 0.526. The highest BCUT2D eigenvalue weighted by molar-refractivity contribution is 14.0. The van der Waals surface area contributed by atoms with Gasteiger partial charge in [-0.25, -0.2) is 0 Å². The van der Waals surface area contributed by atoms with Crippen molar-refractivity contribution in [2.75, 3.05) is 13.1 Å². The van der Waals surface area contributed by atoms with E-state index >= 15 is 0 Å². The van der Waals surface area contributed by atoms with Gasteiger partial charge >= 0.3 is 0 Å². The summed E-state index contributed by atoms with van der Waals surface area (Å²) in [5.41, 5.74) is 1.20. The molecule has 0 bridgehead atoms. The molecule has 1 atom stereocenters. The fourth-order valence-electron chi connectivity index (χ4n) is 2.51. The third-order valence-corrected chi connectivity index (χ3v) is 4.45. The number of aliphatic imine (C=N–C) groups is 1. The molecule has 2 aromatic rings. The minimum Gasteiger partial charge on any atom is -0.355 e. The van der Waals surface area contributed by atoms with Crippen molar-refractivity contribution in [2.45, 2.75) is 52.6 Å². The van der Waals surface area contributed by atoms with Gasteiger partial charge in [-0.2, -0.15) is 0 Å². The summed E-state index contributed by atoms with van der Waals surface area (Å²) in [5.74, 6) is 1.84. The van der Waals surface area contributed by atoms with Gasteiger partial charge in [0.2, 0.25) is 0 Å². The Kier molecular flexibility index (Phi) is 11.3. The fourth-order valence-corrected chi connectivity index (χ4v) is 2.72. The van der Waals surface area contributed by atoms with Crippen molar-refractivity contribution in [3.8, 4) is 0 Å². The van der Waals surface area contributed by atoms with Crippen LogP contribution < -0.4 is 10.6 Å². The molecular weight excluding hydrogens is 475 g/mol. The normalized spacial score (nSPS) is 12.4. The lowest BCUT2D eigenvalue weighted by atomic mass is 10.1. The number of aryl methyl sites for hydroxylation is 1. The lowest BCUT2D eigenvalue weighted by molar-refractivity contribution is 0.599. The summed E-state index contributed by atoms with van der Waals surface area (Å²) >= 11 is 6.04. The van der Waals surface area contributed by atoms with Crippen LogP contribution in [0.5, 0.6) is 0 Å². The lowest BCUT2D eigenvalue weighted by Crippen LogP contribution is -2.43. The number of rotatable bonds is 9. The number of hydrogen-bond acceptors (Lipinski definition) is 3. The third kappa shape index (κ3) is 8.47. The van der Waals surface area contributed by atoms with Gasteiger partial charge in [-0.05, 0) is 37.5 Å². The zero-order valence-corrected chi connectivity index (χ0v) is 19.4. The maximum atomic E-state index is 6.04. The van der Waals surface area contributed by atoms with Crippen molar-refractivity contribution in [2.24, 2.45) is 4.99 Å². The SMILES string of the molecule is CCc1nncn1CCNC(=NCCc1cccc(Cl)c1)NC(C)CC.I. The van der Waals surface area contributed by atoms with Gasteiger partial charge in [0.25, 0.3) is 0 Å². The maximum Gasteiger partial charge on any atom is 0.191 e. The van der Waals surface area contributed by atoms with E-state index in [0.29, 0.717) is 12.6 Å². The van der Waals surface area contributed by atoms with Crippen LogP contribution in [-0.4, -0.2) is 39.9 Å². The molecule has 1 heterocycles. The second-order valence-corrected chi connectivity index (χ2v) is 6.72. The highest BCUT2D eigenvalue weighted by Crippen LogP contribution is 2.11. The predicted octanol–water partition coefficient (Wildman–Crippen LogP) is 3.69. The largest absolute Gasteiger partial charge is 0.355 e. The molecule has 27 heavy (non-hydrogen) atoms. The van der Waals surface area contributed by atoms with Crippen LogP contribution in [0, 0.1) is 0 Å². The molecule has 0 amide bonds.